The van der Waals surface area contributed by atoms with E-state index < -0.39 is 0 Å². The summed E-state index contributed by atoms with van der Waals surface area (Å²) in [6, 6.07) is 6.02. The molecule has 0 saturated heterocycles. The van der Waals surface area contributed by atoms with Crippen LogP contribution < -0.4 is 5.32 Å². The van der Waals surface area contributed by atoms with Gasteiger partial charge in [-0.25, -0.2) is 4.39 Å². The van der Waals surface area contributed by atoms with Crippen molar-refractivity contribution in [2.45, 2.75) is 6.54 Å². The van der Waals surface area contributed by atoms with Crippen molar-refractivity contribution in [1.29, 1.82) is 0 Å². The first-order chi connectivity index (χ1) is 7.75. The Morgan fingerprint density at radius 1 is 1.38 bits per heavy atom. The second-order valence-corrected chi connectivity index (χ2v) is 4.06. The summed E-state index contributed by atoms with van der Waals surface area (Å²) in [6.07, 6.45) is 1.52. The SMILES string of the molecule is O=C(NCc1ccc(F)cc1)c1cncs1. The van der Waals surface area contributed by atoms with Crippen LogP contribution in [0.1, 0.15) is 15.2 Å². The summed E-state index contributed by atoms with van der Waals surface area (Å²) >= 11 is 1.29. The van der Waals surface area contributed by atoms with Crippen LogP contribution >= 0.6 is 11.3 Å². The van der Waals surface area contributed by atoms with Gasteiger partial charge in [-0.15, -0.1) is 11.3 Å². The molecule has 1 aromatic carbocycles. The highest BCUT2D eigenvalue weighted by Crippen LogP contribution is 2.06. The van der Waals surface area contributed by atoms with Crippen molar-refractivity contribution in [2.75, 3.05) is 0 Å². The summed E-state index contributed by atoms with van der Waals surface area (Å²) in [7, 11) is 0. The minimum atomic E-state index is -0.280. The normalized spacial score (nSPS) is 10.1. The van der Waals surface area contributed by atoms with Crippen molar-refractivity contribution in [3.05, 3.63) is 52.2 Å². The number of thiazole rings is 1. The molecular weight excluding hydrogens is 227 g/mol. The highest BCUT2D eigenvalue weighted by atomic mass is 32.1. The lowest BCUT2D eigenvalue weighted by atomic mass is 10.2. The lowest BCUT2D eigenvalue weighted by Gasteiger charge is -2.03. The molecule has 2 rings (SSSR count). The van der Waals surface area contributed by atoms with Crippen molar-refractivity contribution in [2.24, 2.45) is 0 Å². The molecule has 1 amide bonds. The zero-order valence-electron chi connectivity index (χ0n) is 8.31. The highest BCUT2D eigenvalue weighted by molar-refractivity contribution is 7.11. The van der Waals surface area contributed by atoms with Crippen LogP contribution in [-0.4, -0.2) is 10.9 Å². The van der Waals surface area contributed by atoms with Crippen molar-refractivity contribution in [3.8, 4) is 0 Å². The maximum Gasteiger partial charge on any atom is 0.263 e. The lowest BCUT2D eigenvalue weighted by molar-refractivity contribution is 0.0955. The molecule has 16 heavy (non-hydrogen) atoms. The average molecular weight is 236 g/mol. The first-order valence-corrected chi connectivity index (χ1v) is 5.55. The number of carbonyl (C=O) groups is 1. The summed E-state index contributed by atoms with van der Waals surface area (Å²) in [4.78, 5) is 15.9. The van der Waals surface area contributed by atoms with Crippen LogP contribution in [0.2, 0.25) is 0 Å². The predicted octanol–water partition coefficient (Wildman–Crippen LogP) is 2.21. The Labute approximate surface area is 96.0 Å². The van der Waals surface area contributed by atoms with Gasteiger partial charge in [-0.2, -0.15) is 0 Å². The zero-order chi connectivity index (χ0) is 11.4. The van der Waals surface area contributed by atoms with Gasteiger partial charge in [0.05, 0.1) is 11.7 Å². The van der Waals surface area contributed by atoms with Gasteiger partial charge in [-0.1, -0.05) is 12.1 Å². The van der Waals surface area contributed by atoms with Gasteiger partial charge in [0.1, 0.15) is 10.7 Å². The molecule has 0 fully saturated rings. The third-order valence-corrected chi connectivity index (χ3v) is 2.79. The maximum atomic E-state index is 12.6. The number of rotatable bonds is 3. The van der Waals surface area contributed by atoms with Gasteiger partial charge in [0, 0.05) is 6.54 Å². The van der Waals surface area contributed by atoms with Crippen molar-refractivity contribution >= 4 is 17.2 Å². The molecule has 2 aromatic rings. The number of hydrogen-bond acceptors (Lipinski definition) is 3. The molecule has 5 heteroatoms. The molecule has 0 atom stereocenters. The number of halogens is 1. The first kappa shape index (κ1) is 10.8. The van der Waals surface area contributed by atoms with E-state index in [-0.39, 0.29) is 11.7 Å². The van der Waals surface area contributed by atoms with Gasteiger partial charge in [0.15, 0.2) is 0 Å². The van der Waals surface area contributed by atoms with Gasteiger partial charge in [0.25, 0.3) is 5.91 Å². The molecule has 0 saturated carbocycles. The Kier molecular flexibility index (Phi) is 3.26. The van der Waals surface area contributed by atoms with E-state index in [0.717, 1.165) is 5.56 Å². The van der Waals surface area contributed by atoms with Crippen LogP contribution in [0.15, 0.2) is 36.0 Å². The molecule has 0 spiro atoms. The second kappa shape index (κ2) is 4.85. The summed E-state index contributed by atoms with van der Waals surface area (Å²) in [5.74, 6) is -0.440. The van der Waals surface area contributed by atoms with E-state index in [1.54, 1.807) is 17.6 Å². The van der Waals surface area contributed by atoms with Crippen molar-refractivity contribution < 1.29 is 9.18 Å². The van der Waals surface area contributed by atoms with Crippen LogP contribution in [0.4, 0.5) is 4.39 Å². The molecule has 82 valence electrons. The van der Waals surface area contributed by atoms with Crippen LogP contribution in [0.3, 0.4) is 0 Å². The van der Waals surface area contributed by atoms with Gasteiger partial charge in [-0.3, -0.25) is 9.78 Å². The Hall–Kier alpha value is -1.75. The third-order valence-electron chi connectivity index (χ3n) is 2.02. The number of nitrogens with zero attached hydrogens (tertiary/aromatic N) is 1. The van der Waals surface area contributed by atoms with Crippen LogP contribution in [-0.2, 0) is 6.54 Å². The molecule has 1 aromatic heterocycles. The van der Waals surface area contributed by atoms with E-state index in [9.17, 15) is 9.18 Å². The van der Waals surface area contributed by atoms with Gasteiger partial charge < -0.3 is 5.32 Å². The number of aromatic nitrogens is 1. The molecule has 0 aliphatic rings. The largest absolute Gasteiger partial charge is 0.347 e. The van der Waals surface area contributed by atoms with E-state index in [4.69, 9.17) is 0 Å². The van der Waals surface area contributed by atoms with Crippen LogP contribution in [0.25, 0.3) is 0 Å². The minimum Gasteiger partial charge on any atom is -0.347 e. The Morgan fingerprint density at radius 3 is 2.75 bits per heavy atom. The monoisotopic (exact) mass is 236 g/mol. The maximum absolute atomic E-state index is 12.6. The van der Waals surface area contributed by atoms with E-state index in [1.165, 1.54) is 29.7 Å². The summed E-state index contributed by atoms with van der Waals surface area (Å²) in [5.41, 5.74) is 2.46. The number of benzene rings is 1. The Balaban J connectivity index is 1.93. The number of amides is 1. The second-order valence-electron chi connectivity index (χ2n) is 3.17. The third kappa shape index (κ3) is 2.64. The molecular formula is C11H9FN2OS. The average Bonchev–Trinajstić information content (AvgIpc) is 2.81. The fourth-order valence-corrected chi connectivity index (χ4v) is 1.74. The van der Waals surface area contributed by atoms with Crippen LogP contribution in [0.5, 0.6) is 0 Å². The Bertz CT molecular complexity index is 467. The van der Waals surface area contributed by atoms with Crippen molar-refractivity contribution in [3.63, 3.8) is 0 Å². The standard InChI is InChI=1S/C11H9FN2OS/c12-9-3-1-8(2-4-9)5-14-11(15)10-6-13-7-16-10/h1-4,6-7H,5H2,(H,14,15). The van der Waals surface area contributed by atoms with Gasteiger partial charge in [-0.05, 0) is 17.7 Å². The fraction of sp³-hybridized carbons (Fsp3) is 0.0909. The predicted molar refractivity (Wildman–Crippen MR) is 59.7 cm³/mol. The summed E-state index contributed by atoms with van der Waals surface area (Å²) < 4.78 is 12.6. The number of nitrogens with one attached hydrogen (secondary N) is 1. The lowest BCUT2D eigenvalue weighted by Crippen LogP contribution is -2.21. The molecule has 1 heterocycles. The Morgan fingerprint density at radius 2 is 2.12 bits per heavy atom. The molecule has 0 radical (unpaired) electrons. The molecule has 0 bridgehead atoms. The first-order valence-electron chi connectivity index (χ1n) is 4.67. The number of carbonyl (C=O) groups excluding carboxylic acids is 1. The van der Waals surface area contributed by atoms with E-state index >= 15 is 0 Å². The van der Waals surface area contributed by atoms with Crippen LogP contribution in [0, 0.1) is 5.82 Å². The topological polar surface area (TPSA) is 42.0 Å². The van der Waals surface area contributed by atoms with E-state index in [1.807, 2.05) is 0 Å². The summed E-state index contributed by atoms with van der Waals surface area (Å²) in [5, 5.41) is 2.73. The quantitative estimate of drug-likeness (QED) is 0.887. The minimum absolute atomic E-state index is 0.160. The molecule has 0 unspecified atom stereocenters. The summed E-state index contributed by atoms with van der Waals surface area (Å²) in [6.45, 7) is 0.386. The zero-order valence-corrected chi connectivity index (χ0v) is 9.13. The molecule has 0 aliphatic heterocycles. The molecule has 3 nitrogen and oxygen atoms in total. The molecule has 0 aliphatic carbocycles. The smallest absolute Gasteiger partial charge is 0.263 e. The highest BCUT2D eigenvalue weighted by Gasteiger charge is 2.06. The van der Waals surface area contributed by atoms with Gasteiger partial charge >= 0.3 is 0 Å². The van der Waals surface area contributed by atoms with E-state index in [2.05, 4.69) is 10.3 Å². The van der Waals surface area contributed by atoms with E-state index in [0.29, 0.717) is 11.4 Å². The van der Waals surface area contributed by atoms with Crippen molar-refractivity contribution in [1.82, 2.24) is 10.3 Å². The fourth-order valence-electron chi connectivity index (χ4n) is 1.20. The van der Waals surface area contributed by atoms with Gasteiger partial charge in [0.2, 0.25) is 0 Å². The molecule has 1 N–H and O–H groups in total. The number of hydrogen-bond donors (Lipinski definition) is 1.